The molecule has 0 spiro atoms. The van der Waals surface area contributed by atoms with E-state index in [1.54, 1.807) is 0 Å². The Kier molecular flexibility index (Phi) is 1.98. The van der Waals surface area contributed by atoms with Gasteiger partial charge in [-0.25, -0.2) is 4.98 Å². The number of pyridine rings is 1. The summed E-state index contributed by atoms with van der Waals surface area (Å²) in [5, 5.41) is 0. The molecule has 1 aliphatic rings. The molecule has 0 N–H and O–H groups in total. The van der Waals surface area contributed by atoms with Crippen LogP contribution in [0.5, 0.6) is 0 Å². The second kappa shape index (κ2) is 3.13. The molecule has 64 valence electrons. The van der Waals surface area contributed by atoms with Gasteiger partial charge in [-0.3, -0.25) is 0 Å². The van der Waals surface area contributed by atoms with E-state index in [1.807, 2.05) is 18.3 Å². The minimum atomic E-state index is 0.928. The molecule has 1 heterocycles. The molecular formula is C10H14N2. The first-order valence-corrected chi connectivity index (χ1v) is 4.48. The van der Waals surface area contributed by atoms with Crippen molar-refractivity contribution >= 4 is 5.82 Å². The first-order valence-electron chi connectivity index (χ1n) is 4.48. The zero-order valence-electron chi connectivity index (χ0n) is 7.40. The predicted molar refractivity (Wildman–Crippen MR) is 50.2 cm³/mol. The zero-order valence-corrected chi connectivity index (χ0v) is 7.40. The molecule has 1 aromatic rings. The maximum atomic E-state index is 4.29. The smallest absolute Gasteiger partial charge is 0.128 e. The van der Waals surface area contributed by atoms with E-state index >= 15 is 0 Å². The standard InChI is InChI=1S/C10H14N2/c1-12(8-9-5-6-9)10-4-2-3-7-11-10/h2-4,7,9H,5-6,8H2,1H3. The van der Waals surface area contributed by atoms with Crippen LogP contribution in [0.2, 0.25) is 0 Å². The molecule has 1 aromatic heterocycles. The van der Waals surface area contributed by atoms with Crippen LogP contribution in [0, 0.1) is 5.92 Å². The largest absolute Gasteiger partial charge is 0.359 e. The van der Waals surface area contributed by atoms with Crippen molar-refractivity contribution in [3.05, 3.63) is 24.4 Å². The lowest BCUT2D eigenvalue weighted by Gasteiger charge is -2.16. The maximum Gasteiger partial charge on any atom is 0.128 e. The van der Waals surface area contributed by atoms with E-state index in [2.05, 4.69) is 23.0 Å². The van der Waals surface area contributed by atoms with Crippen LogP contribution in [0.1, 0.15) is 12.8 Å². The Labute approximate surface area is 73.2 Å². The first-order chi connectivity index (χ1) is 5.86. The summed E-state index contributed by atoms with van der Waals surface area (Å²) < 4.78 is 0. The van der Waals surface area contributed by atoms with Crippen LogP contribution < -0.4 is 4.90 Å². The van der Waals surface area contributed by atoms with Gasteiger partial charge in [0, 0.05) is 19.8 Å². The summed E-state index contributed by atoms with van der Waals surface area (Å²) in [4.78, 5) is 6.52. The number of nitrogens with zero attached hydrogens (tertiary/aromatic N) is 2. The fourth-order valence-corrected chi connectivity index (χ4v) is 1.36. The molecule has 0 amide bonds. The summed E-state index contributed by atoms with van der Waals surface area (Å²) in [7, 11) is 2.11. The van der Waals surface area contributed by atoms with Gasteiger partial charge in [0.25, 0.3) is 0 Å². The van der Waals surface area contributed by atoms with Gasteiger partial charge in [-0.2, -0.15) is 0 Å². The molecule has 0 radical (unpaired) electrons. The second-order valence-corrected chi connectivity index (χ2v) is 3.51. The SMILES string of the molecule is CN(CC1CC1)c1ccccn1. The lowest BCUT2D eigenvalue weighted by molar-refractivity contribution is 0.777. The zero-order chi connectivity index (χ0) is 8.39. The van der Waals surface area contributed by atoms with Gasteiger partial charge in [-0.05, 0) is 30.9 Å². The quantitative estimate of drug-likeness (QED) is 0.675. The maximum absolute atomic E-state index is 4.29. The Morgan fingerprint density at radius 1 is 1.50 bits per heavy atom. The van der Waals surface area contributed by atoms with Crippen LogP contribution in [-0.4, -0.2) is 18.6 Å². The molecule has 0 atom stereocenters. The molecule has 0 aromatic carbocycles. The van der Waals surface area contributed by atoms with Crippen LogP contribution >= 0.6 is 0 Å². The highest BCUT2D eigenvalue weighted by Gasteiger charge is 2.23. The Bertz CT molecular complexity index is 241. The molecule has 1 saturated carbocycles. The van der Waals surface area contributed by atoms with Crippen LogP contribution in [0.3, 0.4) is 0 Å². The van der Waals surface area contributed by atoms with Crippen LogP contribution in [0.4, 0.5) is 5.82 Å². The molecule has 2 rings (SSSR count). The molecule has 2 heteroatoms. The molecule has 1 fully saturated rings. The van der Waals surface area contributed by atoms with Crippen LogP contribution in [0.25, 0.3) is 0 Å². The van der Waals surface area contributed by atoms with E-state index in [9.17, 15) is 0 Å². The minimum Gasteiger partial charge on any atom is -0.359 e. The fraction of sp³-hybridized carbons (Fsp3) is 0.500. The highest BCUT2D eigenvalue weighted by Crippen LogP contribution is 2.30. The second-order valence-electron chi connectivity index (χ2n) is 3.51. The Hall–Kier alpha value is -1.05. The van der Waals surface area contributed by atoms with E-state index in [0.29, 0.717) is 0 Å². The molecule has 0 bridgehead atoms. The van der Waals surface area contributed by atoms with Gasteiger partial charge < -0.3 is 4.90 Å². The molecule has 0 aliphatic heterocycles. The molecule has 0 unspecified atom stereocenters. The lowest BCUT2D eigenvalue weighted by Crippen LogP contribution is -2.20. The van der Waals surface area contributed by atoms with E-state index < -0.39 is 0 Å². The summed E-state index contributed by atoms with van der Waals surface area (Å²) in [5.41, 5.74) is 0. The van der Waals surface area contributed by atoms with Gasteiger partial charge in [-0.15, -0.1) is 0 Å². The topological polar surface area (TPSA) is 16.1 Å². The van der Waals surface area contributed by atoms with Gasteiger partial charge in [0.05, 0.1) is 0 Å². The van der Waals surface area contributed by atoms with Crippen molar-refractivity contribution in [3.63, 3.8) is 0 Å². The predicted octanol–water partition coefficient (Wildman–Crippen LogP) is 1.93. The summed E-state index contributed by atoms with van der Waals surface area (Å²) in [6.07, 6.45) is 4.65. The van der Waals surface area contributed by atoms with Gasteiger partial charge in [0.15, 0.2) is 0 Å². The fourth-order valence-electron chi connectivity index (χ4n) is 1.36. The van der Waals surface area contributed by atoms with Gasteiger partial charge >= 0.3 is 0 Å². The monoisotopic (exact) mass is 162 g/mol. The third-order valence-electron chi connectivity index (χ3n) is 2.27. The molecule has 2 nitrogen and oxygen atoms in total. The number of rotatable bonds is 3. The van der Waals surface area contributed by atoms with E-state index in [-0.39, 0.29) is 0 Å². The van der Waals surface area contributed by atoms with Gasteiger partial charge in [0.2, 0.25) is 0 Å². The molecule has 1 aliphatic carbocycles. The van der Waals surface area contributed by atoms with E-state index in [4.69, 9.17) is 0 Å². The molecule has 12 heavy (non-hydrogen) atoms. The van der Waals surface area contributed by atoms with Crippen molar-refractivity contribution in [2.75, 3.05) is 18.5 Å². The van der Waals surface area contributed by atoms with Crippen LogP contribution in [0.15, 0.2) is 24.4 Å². The summed E-state index contributed by atoms with van der Waals surface area (Å²) in [6.45, 7) is 1.16. The molecular weight excluding hydrogens is 148 g/mol. The third-order valence-corrected chi connectivity index (χ3v) is 2.27. The van der Waals surface area contributed by atoms with Crippen molar-refractivity contribution in [3.8, 4) is 0 Å². The minimum absolute atomic E-state index is 0.928. The summed E-state index contributed by atoms with van der Waals surface area (Å²) in [6, 6.07) is 6.04. The first kappa shape index (κ1) is 7.59. The van der Waals surface area contributed by atoms with Gasteiger partial charge in [-0.1, -0.05) is 6.07 Å². The Balaban J connectivity index is 1.98. The van der Waals surface area contributed by atoms with Crippen molar-refractivity contribution in [2.24, 2.45) is 5.92 Å². The highest BCUT2D eigenvalue weighted by molar-refractivity contribution is 5.36. The van der Waals surface area contributed by atoms with E-state index in [1.165, 1.54) is 12.8 Å². The lowest BCUT2D eigenvalue weighted by atomic mass is 10.3. The normalized spacial score (nSPS) is 16.1. The number of hydrogen-bond donors (Lipinski definition) is 0. The Morgan fingerprint density at radius 2 is 2.33 bits per heavy atom. The summed E-state index contributed by atoms with van der Waals surface area (Å²) in [5.74, 6) is 2.02. The average Bonchev–Trinajstić information content (AvgIpc) is 2.90. The van der Waals surface area contributed by atoms with Gasteiger partial charge in [0.1, 0.15) is 5.82 Å². The van der Waals surface area contributed by atoms with Crippen molar-refractivity contribution in [1.82, 2.24) is 4.98 Å². The van der Waals surface area contributed by atoms with Crippen molar-refractivity contribution in [1.29, 1.82) is 0 Å². The van der Waals surface area contributed by atoms with Crippen molar-refractivity contribution < 1.29 is 0 Å². The number of hydrogen-bond acceptors (Lipinski definition) is 2. The highest BCUT2D eigenvalue weighted by atomic mass is 15.2. The summed E-state index contributed by atoms with van der Waals surface area (Å²) >= 11 is 0. The molecule has 0 saturated heterocycles. The average molecular weight is 162 g/mol. The third kappa shape index (κ3) is 1.76. The van der Waals surface area contributed by atoms with Crippen molar-refractivity contribution in [2.45, 2.75) is 12.8 Å². The number of aromatic nitrogens is 1. The van der Waals surface area contributed by atoms with Crippen LogP contribution in [-0.2, 0) is 0 Å². The van der Waals surface area contributed by atoms with E-state index in [0.717, 1.165) is 18.3 Å². The Morgan fingerprint density at radius 3 is 2.92 bits per heavy atom. The number of anilines is 1.